The first-order valence-electron chi connectivity index (χ1n) is 6.10. The van der Waals surface area contributed by atoms with Crippen LogP contribution in [-0.2, 0) is 9.59 Å². The number of primary amides is 1. The second-order valence-corrected chi connectivity index (χ2v) is 4.82. The highest BCUT2D eigenvalue weighted by atomic mass is 16.4. The molecule has 8 heteroatoms. The lowest BCUT2D eigenvalue weighted by molar-refractivity contribution is -0.137. The van der Waals surface area contributed by atoms with Gasteiger partial charge in [-0.15, -0.1) is 0 Å². The van der Waals surface area contributed by atoms with Crippen molar-refractivity contribution < 1.29 is 19.5 Å². The molecule has 4 N–H and O–H groups in total. The lowest BCUT2D eigenvalue weighted by atomic mass is 10.1. The van der Waals surface area contributed by atoms with Crippen molar-refractivity contribution in [2.75, 3.05) is 39.8 Å². The first-order valence-corrected chi connectivity index (χ1v) is 6.10. The van der Waals surface area contributed by atoms with Crippen molar-refractivity contribution in [3.05, 3.63) is 0 Å². The van der Waals surface area contributed by atoms with Crippen LogP contribution in [0.25, 0.3) is 0 Å². The minimum absolute atomic E-state index is 0.356. The van der Waals surface area contributed by atoms with Crippen LogP contribution in [0.5, 0.6) is 0 Å². The van der Waals surface area contributed by atoms with Crippen LogP contribution in [0.15, 0.2) is 0 Å². The Kier molecular flexibility index (Phi) is 5.56. The summed E-state index contributed by atoms with van der Waals surface area (Å²) >= 11 is 0. The first-order chi connectivity index (χ1) is 8.88. The molecule has 1 heterocycles. The van der Waals surface area contributed by atoms with Gasteiger partial charge in [0.25, 0.3) is 0 Å². The third-order valence-corrected chi connectivity index (χ3v) is 2.99. The Morgan fingerprint density at radius 2 is 2.11 bits per heavy atom. The fraction of sp³-hybridized carbons (Fsp3) is 0.727. The van der Waals surface area contributed by atoms with E-state index in [4.69, 9.17) is 10.8 Å². The zero-order valence-corrected chi connectivity index (χ0v) is 11.0. The molecular weight excluding hydrogens is 252 g/mol. The van der Waals surface area contributed by atoms with E-state index in [9.17, 15) is 14.4 Å². The number of carboxylic acid groups (broad SMARTS) is 1. The second kappa shape index (κ2) is 6.93. The normalized spacial score (nSPS) is 19.1. The van der Waals surface area contributed by atoms with Crippen LogP contribution in [0, 0.1) is 5.92 Å². The molecule has 0 saturated carbocycles. The highest BCUT2D eigenvalue weighted by molar-refractivity contribution is 5.85. The van der Waals surface area contributed by atoms with E-state index < -0.39 is 31.0 Å². The number of carbonyl (C=O) groups excluding carboxylic acids is 2. The standard InChI is InChI=1S/C11H20N4O4/c1-14-3-2-8(5-14)4-13-11(19)15(6-9(12)16)7-10(17)18/h8H,2-7H2,1H3,(H2,12,16)(H,13,19)(H,17,18). The molecule has 0 spiro atoms. The van der Waals surface area contributed by atoms with Crippen LogP contribution in [-0.4, -0.2) is 72.6 Å². The summed E-state index contributed by atoms with van der Waals surface area (Å²) in [6, 6.07) is -0.573. The number of aliphatic carboxylic acids is 1. The number of carboxylic acids is 1. The van der Waals surface area contributed by atoms with Gasteiger partial charge in [-0.2, -0.15) is 0 Å². The quantitative estimate of drug-likeness (QED) is 0.545. The Hall–Kier alpha value is -1.83. The number of nitrogens with one attached hydrogen (secondary N) is 1. The molecule has 0 aliphatic carbocycles. The molecule has 1 saturated heterocycles. The Labute approximate surface area is 111 Å². The lowest BCUT2D eigenvalue weighted by Crippen LogP contribution is -2.47. The molecule has 3 amide bonds. The summed E-state index contributed by atoms with van der Waals surface area (Å²) in [5, 5.41) is 11.3. The van der Waals surface area contributed by atoms with Crippen LogP contribution >= 0.6 is 0 Å². The zero-order valence-electron chi connectivity index (χ0n) is 11.0. The van der Waals surface area contributed by atoms with E-state index in [0.717, 1.165) is 24.4 Å². The SMILES string of the molecule is CN1CCC(CNC(=O)N(CC(N)=O)CC(=O)O)C1. The topological polar surface area (TPSA) is 116 Å². The molecule has 8 nitrogen and oxygen atoms in total. The van der Waals surface area contributed by atoms with Gasteiger partial charge in [0.1, 0.15) is 13.1 Å². The third-order valence-electron chi connectivity index (χ3n) is 2.99. The number of rotatable bonds is 6. The van der Waals surface area contributed by atoms with Gasteiger partial charge in [0.05, 0.1) is 0 Å². The maximum Gasteiger partial charge on any atom is 0.323 e. The van der Waals surface area contributed by atoms with Crippen molar-refractivity contribution in [2.24, 2.45) is 11.7 Å². The summed E-state index contributed by atoms with van der Waals surface area (Å²) in [7, 11) is 2.01. The number of carbonyl (C=O) groups is 3. The fourth-order valence-corrected chi connectivity index (χ4v) is 2.09. The van der Waals surface area contributed by atoms with Crippen molar-refractivity contribution >= 4 is 17.9 Å². The maximum atomic E-state index is 11.8. The van der Waals surface area contributed by atoms with E-state index in [1.165, 1.54) is 0 Å². The monoisotopic (exact) mass is 272 g/mol. The minimum atomic E-state index is -1.18. The zero-order chi connectivity index (χ0) is 14.4. The predicted molar refractivity (Wildman–Crippen MR) is 67.4 cm³/mol. The average Bonchev–Trinajstić information content (AvgIpc) is 2.70. The molecule has 0 aromatic heterocycles. The van der Waals surface area contributed by atoms with E-state index in [1.807, 2.05) is 7.05 Å². The Bertz CT molecular complexity index is 345. The van der Waals surface area contributed by atoms with Crippen molar-refractivity contribution in [3.63, 3.8) is 0 Å². The summed E-state index contributed by atoms with van der Waals surface area (Å²) in [6.45, 7) is 1.41. The Balaban J connectivity index is 2.42. The fourth-order valence-electron chi connectivity index (χ4n) is 2.09. The van der Waals surface area contributed by atoms with Gasteiger partial charge in [0.2, 0.25) is 5.91 Å². The molecular formula is C11H20N4O4. The van der Waals surface area contributed by atoms with Crippen molar-refractivity contribution in [3.8, 4) is 0 Å². The summed E-state index contributed by atoms with van der Waals surface area (Å²) in [6.07, 6.45) is 0.992. The van der Waals surface area contributed by atoms with Gasteiger partial charge in [-0.3, -0.25) is 9.59 Å². The van der Waals surface area contributed by atoms with E-state index in [0.29, 0.717) is 12.5 Å². The molecule has 0 aromatic rings. The highest BCUT2D eigenvalue weighted by Crippen LogP contribution is 2.12. The number of nitrogens with zero attached hydrogens (tertiary/aromatic N) is 2. The second-order valence-electron chi connectivity index (χ2n) is 4.82. The molecule has 0 radical (unpaired) electrons. The Morgan fingerprint density at radius 3 is 2.58 bits per heavy atom. The number of likely N-dealkylation sites (tertiary alicyclic amines) is 1. The molecule has 1 rings (SSSR count). The van der Waals surface area contributed by atoms with Crippen LogP contribution < -0.4 is 11.1 Å². The van der Waals surface area contributed by atoms with E-state index in [2.05, 4.69) is 10.2 Å². The van der Waals surface area contributed by atoms with Crippen LogP contribution in [0.2, 0.25) is 0 Å². The van der Waals surface area contributed by atoms with Crippen LogP contribution in [0.1, 0.15) is 6.42 Å². The largest absolute Gasteiger partial charge is 0.480 e. The summed E-state index contributed by atoms with van der Waals surface area (Å²) in [5.74, 6) is -1.57. The molecule has 1 aliphatic heterocycles. The lowest BCUT2D eigenvalue weighted by Gasteiger charge is -2.20. The summed E-state index contributed by atoms with van der Waals surface area (Å²) in [5.41, 5.74) is 4.98. The maximum absolute atomic E-state index is 11.8. The number of nitrogens with two attached hydrogens (primary N) is 1. The Morgan fingerprint density at radius 1 is 1.42 bits per heavy atom. The first kappa shape index (κ1) is 15.2. The van der Waals surface area contributed by atoms with Crippen LogP contribution in [0.3, 0.4) is 0 Å². The average molecular weight is 272 g/mol. The third kappa shape index (κ3) is 5.56. The number of amides is 3. The summed E-state index contributed by atoms with van der Waals surface area (Å²) < 4.78 is 0. The van der Waals surface area contributed by atoms with Gasteiger partial charge >= 0.3 is 12.0 Å². The van der Waals surface area contributed by atoms with E-state index >= 15 is 0 Å². The van der Waals surface area contributed by atoms with Crippen molar-refractivity contribution in [1.82, 2.24) is 15.1 Å². The predicted octanol–water partition coefficient (Wildman–Crippen LogP) is -1.48. The van der Waals surface area contributed by atoms with Gasteiger partial charge in [-0.1, -0.05) is 0 Å². The smallest absolute Gasteiger partial charge is 0.323 e. The molecule has 0 bridgehead atoms. The van der Waals surface area contributed by atoms with Gasteiger partial charge in [-0.05, 0) is 25.9 Å². The molecule has 1 atom stereocenters. The van der Waals surface area contributed by atoms with E-state index in [-0.39, 0.29) is 0 Å². The van der Waals surface area contributed by atoms with Crippen molar-refractivity contribution in [1.29, 1.82) is 0 Å². The van der Waals surface area contributed by atoms with Gasteiger partial charge in [0.15, 0.2) is 0 Å². The van der Waals surface area contributed by atoms with Gasteiger partial charge < -0.3 is 26.0 Å². The molecule has 1 aliphatic rings. The molecule has 1 unspecified atom stereocenters. The highest BCUT2D eigenvalue weighted by Gasteiger charge is 2.22. The van der Waals surface area contributed by atoms with E-state index in [1.54, 1.807) is 0 Å². The number of hydrogen-bond acceptors (Lipinski definition) is 4. The molecule has 19 heavy (non-hydrogen) atoms. The molecule has 0 aromatic carbocycles. The van der Waals surface area contributed by atoms with Gasteiger partial charge in [0, 0.05) is 13.1 Å². The molecule has 108 valence electrons. The summed E-state index contributed by atoms with van der Waals surface area (Å²) in [4.78, 5) is 36.3. The minimum Gasteiger partial charge on any atom is -0.480 e. The number of hydrogen-bond donors (Lipinski definition) is 3. The van der Waals surface area contributed by atoms with Crippen LogP contribution in [0.4, 0.5) is 4.79 Å². The van der Waals surface area contributed by atoms with Gasteiger partial charge in [-0.25, -0.2) is 4.79 Å². The molecule has 1 fully saturated rings. The van der Waals surface area contributed by atoms with Crippen molar-refractivity contribution in [2.45, 2.75) is 6.42 Å². The number of urea groups is 1.